The van der Waals surface area contributed by atoms with Gasteiger partial charge in [0.1, 0.15) is 11.6 Å². The molecule has 0 bridgehead atoms. The normalized spacial score (nSPS) is 15.1. The molecule has 204 valence electrons. The van der Waals surface area contributed by atoms with E-state index in [-0.39, 0.29) is 42.8 Å². The predicted molar refractivity (Wildman–Crippen MR) is 138 cm³/mol. The number of H-pyrrole nitrogens is 1. The average Bonchev–Trinajstić information content (AvgIpc) is 3.33. The number of halogens is 4. The number of hydrogen-bond donors (Lipinski definition) is 1. The first kappa shape index (κ1) is 26.9. The molecule has 1 aliphatic heterocycles. The van der Waals surface area contributed by atoms with E-state index in [9.17, 15) is 31.2 Å². The molecule has 0 unspecified atom stereocenters. The second-order valence-electron chi connectivity index (χ2n) is 8.97. The quantitative estimate of drug-likeness (QED) is 0.387. The number of rotatable bonds is 5. The summed E-state index contributed by atoms with van der Waals surface area (Å²) in [6.07, 6.45) is -4.60. The molecule has 0 saturated carbocycles. The minimum atomic E-state index is -4.60. The van der Waals surface area contributed by atoms with Gasteiger partial charge in [-0.25, -0.2) is 13.1 Å². The van der Waals surface area contributed by atoms with Crippen molar-refractivity contribution in [3.8, 4) is 11.3 Å². The van der Waals surface area contributed by atoms with E-state index in [0.717, 1.165) is 6.07 Å². The van der Waals surface area contributed by atoms with Crippen molar-refractivity contribution < 1.29 is 26.4 Å². The average molecular weight is 580 g/mol. The van der Waals surface area contributed by atoms with Crippen LogP contribution in [0.25, 0.3) is 22.2 Å². The molecule has 1 fully saturated rings. The van der Waals surface area contributed by atoms with Gasteiger partial charge in [0.2, 0.25) is 0 Å². The number of aromatic amines is 1. The van der Waals surface area contributed by atoms with Gasteiger partial charge in [0.05, 0.1) is 5.69 Å². The van der Waals surface area contributed by atoms with Crippen molar-refractivity contribution in [3.63, 3.8) is 0 Å². The van der Waals surface area contributed by atoms with Crippen molar-refractivity contribution in [2.45, 2.75) is 17.7 Å². The molecule has 2 aromatic heterocycles. The van der Waals surface area contributed by atoms with E-state index in [4.69, 9.17) is 11.6 Å². The van der Waals surface area contributed by atoms with Gasteiger partial charge in [-0.3, -0.25) is 9.59 Å². The van der Waals surface area contributed by atoms with Crippen molar-refractivity contribution in [2.24, 2.45) is 0 Å². The summed E-state index contributed by atoms with van der Waals surface area (Å²) in [5.74, 6) is -0.311. The number of nitrogens with one attached hydrogen (secondary N) is 1. The van der Waals surface area contributed by atoms with Crippen LogP contribution in [0.4, 0.5) is 13.2 Å². The minimum absolute atomic E-state index is 0.0466. The van der Waals surface area contributed by atoms with E-state index in [1.165, 1.54) is 45.6 Å². The van der Waals surface area contributed by atoms with Gasteiger partial charge in [0, 0.05) is 59.3 Å². The van der Waals surface area contributed by atoms with Gasteiger partial charge in [-0.2, -0.15) is 22.6 Å². The zero-order chi connectivity index (χ0) is 27.9. The van der Waals surface area contributed by atoms with Crippen LogP contribution in [0.2, 0.25) is 5.02 Å². The molecule has 0 atom stereocenters. The number of benzene rings is 2. The van der Waals surface area contributed by atoms with E-state index in [1.807, 2.05) is 0 Å². The molecule has 1 aliphatic rings. The van der Waals surface area contributed by atoms with Crippen molar-refractivity contribution >= 4 is 38.4 Å². The SMILES string of the molecule is O=C(c1ccc(-c2ccc(=O)n(CC(F)(F)F)n2)cc1)N1CCN(S(=O)(=O)c2cc3cc(Cl)ccc3[nH]2)CC1. The lowest BCUT2D eigenvalue weighted by Gasteiger charge is -2.33. The topological polar surface area (TPSA) is 108 Å². The highest BCUT2D eigenvalue weighted by Gasteiger charge is 2.32. The Bertz CT molecular complexity index is 1710. The van der Waals surface area contributed by atoms with Crippen LogP contribution in [0.5, 0.6) is 0 Å². The number of fused-ring (bicyclic) bond motifs is 1. The monoisotopic (exact) mass is 579 g/mol. The molecule has 3 heterocycles. The number of aromatic nitrogens is 3. The number of carbonyl (C=O) groups is 1. The van der Waals surface area contributed by atoms with Gasteiger partial charge in [-0.05, 0) is 42.5 Å². The van der Waals surface area contributed by atoms with Gasteiger partial charge in [-0.15, -0.1) is 0 Å². The Balaban J connectivity index is 1.25. The molecule has 0 aliphatic carbocycles. The minimum Gasteiger partial charge on any atom is -0.345 e. The summed E-state index contributed by atoms with van der Waals surface area (Å²) in [6, 6.07) is 15.0. The number of sulfonamides is 1. The number of amides is 1. The van der Waals surface area contributed by atoms with Crippen LogP contribution in [0.3, 0.4) is 0 Å². The summed E-state index contributed by atoms with van der Waals surface area (Å²) >= 11 is 6.00. The van der Waals surface area contributed by atoms with Crippen LogP contribution in [-0.4, -0.2) is 70.6 Å². The van der Waals surface area contributed by atoms with Gasteiger partial charge in [0.15, 0.2) is 0 Å². The summed E-state index contributed by atoms with van der Waals surface area (Å²) in [6.45, 7) is -0.946. The van der Waals surface area contributed by atoms with Crippen molar-refractivity contribution in [3.05, 3.63) is 81.6 Å². The maximum absolute atomic E-state index is 13.2. The zero-order valence-electron chi connectivity index (χ0n) is 20.2. The summed E-state index contributed by atoms with van der Waals surface area (Å²) < 4.78 is 66.1. The molecular weight excluding hydrogens is 559 g/mol. The summed E-state index contributed by atoms with van der Waals surface area (Å²) in [4.78, 5) is 29.2. The van der Waals surface area contributed by atoms with E-state index in [0.29, 0.717) is 31.7 Å². The second kappa shape index (κ2) is 10.1. The lowest BCUT2D eigenvalue weighted by molar-refractivity contribution is -0.143. The number of nitrogens with zero attached hydrogens (tertiary/aromatic N) is 4. The molecule has 0 radical (unpaired) electrons. The first-order valence-corrected chi connectivity index (χ1v) is 13.6. The molecule has 1 amide bonds. The summed E-state index contributed by atoms with van der Waals surface area (Å²) in [5, 5.41) is 5.00. The molecule has 1 N–H and O–H groups in total. The summed E-state index contributed by atoms with van der Waals surface area (Å²) in [7, 11) is -3.81. The lowest BCUT2D eigenvalue weighted by atomic mass is 10.1. The van der Waals surface area contributed by atoms with Crippen molar-refractivity contribution in [2.75, 3.05) is 26.2 Å². The fourth-order valence-electron chi connectivity index (χ4n) is 4.34. The van der Waals surface area contributed by atoms with Crippen LogP contribution in [0.15, 0.2) is 70.5 Å². The van der Waals surface area contributed by atoms with Gasteiger partial charge >= 0.3 is 6.18 Å². The Hall–Kier alpha value is -3.68. The van der Waals surface area contributed by atoms with Crippen LogP contribution in [0.1, 0.15) is 10.4 Å². The molecule has 2 aromatic carbocycles. The van der Waals surface area contributed by atoms with E-state index in [2.05, 4.69) is 10.1 Å². The number of hydrogen-bond acceptors (Lipinski definition) is 5. The third-order valence-corrected chi connectivity index (χ3v) is 8.38. The molecular formula is C25H21ClF3N5O4S. The third-order valence-electron chi connectivity index (χ3n) is 6.33. The number of carbonyl (C=O) groups excluding carboxylic acids is 1. The van der Waals surface area contributed by atoms with E-state index in [1.54, 1.807) is 18.2 Å². The van der Waals surface area contributed by atoms with Crippen molar-refractivity contribution in [1.82, 2.24) is 24.0 Å². The standard InChI is InChI=1S/C25H21ClF3N5O4S/c26-19-5-6-20-18(13-19)14-22(30-20)39(37,38)33-11-9-32(10-12-33)24(36)17-3-1-16(2-4-17)21-7-8-23(35)34(31-21)15-25(27,28)29/h1-8,13-14,30H,9-12,15H2. The first-order valence-electron chi connectivity index (χ1n) is 11.7. The highest BCUT2D eigenvalue weighted by molar-refractivity contribution is 7.89. The fourth-order valence-corrected chi connectivity index (χ4v) is 5.96. The zero-order valence-corrected chi connectivity index (χ0v) is 21.7. The number of piperazine rings is 1. The van der Waals surface area contributed by atoms with E-state index < -0.39 is 28.3 Å². The summed E-state index contributed by atoms with van der Waals surface area (Å²) in [5.41, 5.74) is 0.669. The number of alkyl halides is 3. The molecule has 0 spiro atoms. The smallest absolute Gasteiger partial charge is 0.345 e. The molecule has 39 heavy (non-hydrogen) atoms. The Morgan fingerprint density at radius 2 is 1.67 bits per heavy atom. The maximum atomic E-state index is 13.2. The highest BCUT2D eigenvalue weighted by atomic mass is 35.5. The molecule has 9 nitrogen and oxygen atoms in total. The van der Waals surface area contributed by atoms with Crippen LogP contribution < -0.4 is 5.56 Å². The van der Waals surface area contributed by atoms with Crippen LogP contribution >= 0.6 is 11.6 Å². The first-order chi connectivity index (χ1) is 18.4. The Kier molecular flexibility index (Phi) is 6.99. The molecule has 5 rings (SSSR count). The van der Waals surface area contributed by atoms with Crippen LogP contribution in [0, 0.1) is 0 Å². The molecule has 4 aromatic rings. The Labute approximate surface area is 225 Å². The van der Waals surface area contributed by atoms with E-state index >= 15 is 0 Å². The van der Waals surface area contributed by atoms with Gasteiger partial charge < -0.3 is 9.88 Å². The maximum Gasteiger partial charge on any atom is 0.408 e. The lowest BCUT2D eigenvalue weighted by Crippen LogP contribution is -2.50. The fraction of sp³-hybridized carbons (Fsp3) is 0.240. The highest BCUT2D eigenvalue weighted by Crippen LogP contribution is 2.25. The molecule has 1 saturated heterocycles. The molecule has 14 heteroatoms. The largest absolute Gasteiger partial charge is 0.408 e. The van der Waals surface area contributed by atoms with Crippen LogP contribution in [-0.2, 0) is 16.6 Å². The predicted octanol–water partition coefficient (Wildman–Crippen LogP) is 3.75. The Morgan fingerprint density at radius 3 is 2.33 bits per heavy atom. The second-order valence-corrected chi connectivity index (χ2v) is 11.3. The van der Waals surface area contributed by atoms with Gasteiger partial charge in [0.25, 0.3) is 21.5 Å². The third kappa shape index (κ3) is 5.70. The Morgan fingerprint density at radius 1 is 0.974 bits per heavy atom. The van der Waals surface area contributed by atoms with Crippen molar-refractivity contribution in [1.29, 1.82) is 0 Å². The van der Waals surface area contributed by atoms with Gasteiger partial charge in [-0.1, -0.05) is 23.7 Å².